The minimum atomic E-state index is -0.798. The Bertz CT molecular complexity index is 427. The lowest BCUT2D eigenvalue weighted by Crippen LogP contribution is -2.16. The van der Waals surface area contributed by atoms with Gasteiger partial charge in [0.05, 0.1) is 6.42 Å². The number of hydrogen-bond donors (Lipinski definition) is 1. The monoisotopic (exact) mass is 260 g/mol. The Hall–Kier alpha value is -1.57. The number of carboxylic acids is 1. The van der Waals surface area contributed by atoms with E-state index in [1.54, 1.807) is 6.08 Å². The maximum absolute atomic E-state index is 10.4. The predicted molar refractivity (Wildman–Crippen MR) is 80.3 cm³/mol. The van der Waals surface area contributed by atoms with Crippen molar-refractivity contribution < 1.29 is 9.90 Å². The highest BCUT2D eigenvalue weighted by atomic mass is 16.4. The van der Waals surface area contributed by atoms with Crippen LogP contribution >= 0.6 is 0 Å². The van der Waals surface area contributed by atoms with Gasteiger partial charge in [-0.05, 0) is 23.0 Å². The third kappa shape index (κ3) is 5.29. The van der Waals surface area contributed by atoms with Gasteiger partial charge in [-0.3, -0.25) is 4.79 Å². The first-order valence-electron chi connectivity index (χ1n) is 6.94. The summed E-state index contributed by atoms with van der Waals surface area (Å²) in [6.07, 6.45) is 7.27. The highest BCUT2D eigenvalue weighted by molar-refractivity contribution is 5.70. The molecule has 0 saturated heterocycles. The van der Waals surface area contributed by atoms with Gasteiger partial charge in [0.1, 0.15) is 0 Å². The van der Waals surface area contributed by atoms with Crippen molar-refractivity contribution in [2.45, 2.75) is 51.9 Å². The van der Waals surface area contributed by atoms with E-state index in [1.807, 2.05) is 6.08 Å². The molecule has 0 bridgehead atoms. The van der Waals surface area contributed by atoms with E-state index >= 15 is 0 Å². The number of benzene rings is 1. The maximum atomic E-state index is 10.4. The summed E-state index contributed by atoms with van der Waals surface area (Å²) in [5.41, 5.74) is 2.60. The van der Waals surface area contributed by atoms with Gasteiger partial charge in [-0.15, -0.1) is 0 Å². The summed E-state index contributed by atoms with van der Waals surface area (Å²) >= 11 is 0. The molecule has 0 aliphatic rings. The first-order chi connectivity index (χ1) is 8.95. The van der Waals surface area contributed by atoms with Gasteiger partial charge < -0.3 is 5.11 Å². The van der Waals surface area contributed by atoms with Crippen molar-refractivity contribution in [1.82, 2.24) is 0 Å². The number of unbranched alkanes of at least 4 members (excludes halogenated alkanes) is 1. The molecule has 0 saturated carbocycles. The largest absolute Gasteiger partial charge is 0.481 e. The van der Waals surface area contributed by atoms with Gasteiger partial charge in [0.25, 0.3) is 0 Å². The molecule has 0 fully saturated rings. The van der Waals surface area contributed by atoms with Crippen LogP contribution in [-0.4, -0.2) is 11.1 Å². The van der Waals surface area contributed by atoms with Crippen molar-refractivity contribution in [3.63, 3.8) is 0 Å². The summed E-state index contributed by atoms with van der Waals surface area (Å²) in [5.74, 6) is -0.798. The van der Waals surface area contributed by atoms with E-state index in [-0.39, 0.29) is 11.8 Å². The average Bonchev–Trinajstić information content (AvgIpc) is 2.37. The predicted octanol–water partition coefficient (Wildman–Crippen LogP) is 4.64. The molecule has 0 atom stereocenters. The molecule has 0 radical (unpaired) electrons. The Morgan fingerprint density at radius 1 is 1.26 bits per heavy atom. The average molecular weight is 260 g/mol. The standard InChI is InChI=1S/C17H24O2/c1-4-5-13-17(2,3)15-11-9-14(10-12-15)7-6-8-16(18)19/h6-7,9-12H,4-5,8,13H2,1-3H3,(H,18,19)/b7-6+. The molecule has 1 aromatic carbocycles. The van der Waals surface area contributed by atoms with Crippen LogP contribution in [0.2, 0.25) is 0 Å². The molecule has 2 nitrogen and oxygen atoms in total. The van der Waals surface area contributed by atoms with E-state index < -0.39 is 5.97 Å². The Morgan fingerprint density at radius 3 is 2.42 bits per heavy atom. The zero-order valence-electron chi connectivity index (χ0n) is 12.1. The lowest BCUT2D eigenvalue weighted by atomic mass is 9.80. The van der Waals surface area contributed by atoms with Crippen LogP contribution < -0.4 is 0 Å². The molecule has 0 amide bonds. The molecule has 1 aromatic rings. The Labute approximate surface area is 116 Å². The van der Waals surface area contributed by atoms with E-state index in [0.717, 1.165) is 5.56 Å². The van der Waals surface area contributed by atoms with Crippen molar-refractivity contribution >= 4 is 12.0 Å². The quantitative estimate of drug-likeness (QED) is 0.775. The van der Waals surface area contributed by atoms with E-state index in [9.17, 15) is 4.79 Å². The van der Waals surface area contributed by atoms with Crippen LogP contribution in [-0.2, 0) is 10.2 Å². The molecule has 0 spiro atoms. The molecule has 0 aliphatic heterocycles. The fourth-order valence-corrected chi connectivity index (χ4v) is 2.10. The van der Waals surface area contributed by atoms with Crippen molar-refractivity contribution in [3.05, 3.63) is 41.5 Å². The molecular formula is C17H24O2. The number of aliphatic carboxylic acids is 1. The molecule has 104 valence electrons. The van der Waals surface area contributed by atoms with Crippen LogP contribution in [0.1, 0.15) is 57.6 Å². The van der Waals surface area contributed by atoms with Gasteiger partial charge in [0.2, 0.25) is 0 Å². The number of carbonyl (C=O) groups is 1. The zero-order valence-corrected chi connectivity index (χ0v) is 12.1. The van der Waals surface area contributed by atoms with E-state index in [2.05, 4.69) is 45.0 Å². The molecule has 19 heavy (non-hydrogen) atoms. The smallest absolute Gasteiger partial charge is 0.307 e. The molecule has 0 unspecified atom stereocenters. The molecule has 0 aromatic heterocycles. The number of hydrogen-bond acceptors (Lipinski definition) is 1. The molecule has 1 N–H and O–H groups in total. The van der Waals surface area contributed by atoms with Crippen LogP contribution in [0.25, 0.3) is 6.08 Å². The van der Waals surface area contributed by atoms with Crippen LogP contribution in [0.15, 0.2) is 30.3 Å². The summed E-state index contributed by atoms with van der Waals surface area (Å²) in [4.78, 5) is 10.4. The first-order valence-corrected chi connectivity index (χ1v) is 6.94. The van der Waals surface area contributed by atoms with Crippen molar-refractivity contribution in [1.29, 1.82) is 0 Å². The second-order valence-electron chi connectivity index (χ2n) is 5.61. The van der Waals surface area contributed by atoms with Crippen molar-refractivity contribution in [2.75, 3.05) is 0 Å². The van der Waals surface area contributed by atoms with Crippen LogP contribution in [0.3, 0.4) is 0 Å². The molecule has 0 heterocycles. The molecule has 0 aliphatic carbocycles. The Morgan fingerprint density at radius 2 is 1.89 bits per heavy atom. The first kappa shape index (κ1) is 15.5. The van der Waals surface area contributed by atoms with Crippen LogP contribution in [0.5, 0.6) is 0 Å². The lowest BCUT2D eigenvalue weighted by Gasteiger charge is -2.25. The van der Waals surface area contributed by atoms with E-state index in [0.29, 0.717) is 0 Å². The van der Waals surface area contributed by atoms with Gasteiger partial charge >= 0.3 is 5.97 Å². The van der Waals surface area contributed by atoms with Gasteiger partial charge in [0, 0.05) is 0 Å². The number of rotatable bonds is 7. The topological polar surface area (TPSA) is 37.3 Å². The minimum Gasteiger partial charge on any atom is -0.481 e. The van der Waals surface area contributed by atoms with Crippen LogP contribution in [0, 0.1) is 0 Å². The fourth-order valence-electron chi connectivity index (χ4n) is 2.10. The second kappa shape index (κ2) is 7.13. The minimum absolute atomic E-state index is 0.0732. The summed E-state index contributed by atoms with van der Waals surface area (Å²) in [6.45, 7) is 6.77. The Balaban J connectivity index is 2.70. The van der Waals surface area contributed by atoms with Crippen molar-refractivity contribution in [2.24, 2.45) is 0 Å². The highest BCUT2D eigenvalue weighted by Crippen LogP contribution is 2.29. The summed E-state index contributed by atoms with van der Waals surface area (Å²) in [7, 11) is 0. The third-order valence-corrected chi connectivity index (χ3v) is 3.45. The summed E-state index contributed by atoms with van der Waals surface area (Å²) in [5, 5.41) is 8.57. The Kier molecular flexibility index (Phi) is 5.81. The number of carboxylic acid groups (broad SMARTS) is 1. The fraction of sp³-hybridized carbons (Fsp3) is 0.471. The zero-order chi connectivity index (χ0) is 14.3. The van der Waals surface area contributed by atoms with Crippen LogP contribution in [0.4, 0.5) is 0 Å². The lowest BCUT2D eigenvalue weighted by molar-refractivity contribution is -0.135. The summed E-state index contributed by atoms with van der Waals surface area (Å²) < 4.78 is 0. The van der Waals surface area contributed by atoms with E-state index in [4.69, 9.17) is 5.11 Å². The normalized spacial score (nSPS) is 11.9. The maximum Gasteiger partial charge on any atom is 0.307 e. The van der Waals surface area contributed by atoms with Gasteiger partial charge in [0.15, 0.2) is 0 Å². The third-order valence-electron chi connectivity index (χ3n) is 3.45. The molecular weight excluding hydrogens is 236 g/mol. The molecule has 2 heteroatoms. The van der Waals surface area contributed by atoms with Gasteiger partial charge in [-0.25, -0.2) is 0 Å². The highest BCUT2D eigenvalue weighted by Gasteiger charge is 2.19. The van der Waals surface area contributed by atoms with Gasteiger partial charge in [-0.2, -0.15) is 0 Å². The second-order valence-corrected chi connectivity index (χ2v) is 5.61. The van der Waals surface area contributed by atoms with E-state index in [1.165, 1.54) is 24.8 Å². The van der Waals surface area contributed by atoms with Crippen molar-refractivity contribution in [3.8, 4) is 0 Å². The molecule has 1 rings (SSSR count). The SMILES string of the molecule is CCCCC(C)(C)c1ccc(/C=C/CC(=O)O)cc1. The van der Waals surface area contributed by atoms with Gasteiger partial charge in [-0.1, -0.05) is 70.0 Å². The summed E-state index contributed by atoms with van der Waals surface area (Å²) in [6, 6.07) is 8.41.